The summed E-state index contributed by atoms with van der Waals surface area (Å²) >= 11 is 0. The molecule has 0 fully saturated rings. The molecule has 0 aromatic carbocycles. The summed E-state index contributed by atoms with van der Waals surface area (Å²) in [6.45, 7) is 0. The zero-order valence-corrected chi connectivity index (χ0v) is 7.63. The number of alkyl halides is 2. The lowest BCUT2D eigenvalue weighted by atomic mass is 10.2. The number of carbonyl (C=O) groups excluding carboxylic acids is 1. The standard InChI is InChI=1S/C8H7F3N2O2/c1-15-8(14)6-4(12)2-3(9)5(13-6)7(10)11/h2,7H,12H2,1H3. The van der Waals surface area contributed by atoms with Crippen LogP contribution in [0.5, 0.6) is 0 Å². The van der Waals surface area contributed by atoms with Gasteiger partial charge in [0.05, 0.1) is 12.8 Å². The minimum atomic E-state index is -3.12. The molecule has 0 unspecified atom stereocenters. The molecule has 0 saturated heterocycles. The summed E-state index contributed by atoms with van der Waals surface area (Å²) in [5.74, 6) is -2.25. The molecule has 82 valence electrons. The number of nitrogen functional groups attached to an aromatic ring is 1. The first-order chi connectivity index (χ1) is 6.97. The van der Waals surface area contributed by atoms with Crippen LogP contribution in [0, 0.1) is 5.82 Å². The van der Waals surface area contributed by atoms with Crippen LogP contribution >= 0.6 is 0 Å². The molecule has 0 spiro atoms. The van der Waals surface area contributed by atoms with E-state index in [1.54, 1.807) is 0 Å². The van der Waals surface area contributed by atoms with Crippen LogP contribution < -0.4 is 5.73 Å². The lowest BCUT2D eigenvalue weighted by Gasteiger charge is -2.06. The maximum absolute atomic E-state index is 12.9. The Morgan fingerprint density at radius 3 is 2.67 bits per heavy atom. The van der Waals surface area contributed by atoms with Crippen molar-refractivity contribution >= 4 is 11.7 Å². The normalized spacial score (nSPS) is 10.5. The monoisotopic (exact) mass is 220 g/mol. The highest BCUT2D eigenvalue weighted by Crippen LogP contribution is 2.23. The maximum atomic E-state index is 12.9. The molecule has 0 saturated carbocycles. The van der Waals surface area contributed by atoms with Crippen LogP contribution in [-0.2, 0) is 4.74 Å². The molecular weight excluding hydrogens is 213 g/mol. The van der Waals surface area contributed by atoms with E-state index in [9.17, 15) is 18.0 Å². The van der Waals surface area contributed by atoms with Gasteiger partial charge in [0.1, 0.15) is 5.69 Å². The fourth-order valence-electron chi connectivity index (χ4n) is 0.930. The Balaban J connectivity index is 3.29. The zero-order chi connectivity index (χ0) is 11.6. The van der Waals surface area contributed by atoms with Crippen molar-refractivity contribution in [3.05, 3.63) is 23.3 Å². The van der Waals surface area contributed by atoms with E-state index in [0.29, 0.717) is 6.07 Å². The fourth-order valence-corrected chi connectivity index (χ4v) is 0.930. The molecule has 1 rings (SSSR count). The van der Waals surface area contributed by atoms with Gasteiger partial charge in [-0.15, -0.1) is 0 Å². The summed E-state index contributed by atoms with van der Waals surface area (Å²) < 4.78 is 41.5. The van der Waals surface area contributed by atoms with E-state index in [1.807, 2.05) is 0 Å². The van der Waals surface area contributed by atoms with Gasteiger partial charge < -0.3 is 10.5 Å². The number of nitrogens with zero attached hydrogens (tertiary/aromatic N) is 1. The number of hydrogen-bond donors (Lipinski definition) is 1. The molecule has 0 aliphatic rings. The van der Waals surface area contributed by atoms with Crippen LogP contribution in [-0.4, -0.2) is 18.1 Å². The number of esters is 1. The molecule has 0 radical (unpaired) electrons. The third kappa shape index (κ3) is 2.17. The van der Waals surface area contributed by atoms with E-state index >= 15 is 0 Å². The van der Waals surface area contributed by atoms with Gasteiger partial charge in [-0.1, -0.05) is 0 Å². The molecule has 1 aromatic rings. The van der Waals surface area contributed by atoms with E-state index in [2.05, 4.69) is 9.72 Å². The number of hydrogen-bond acceptors (Lipinski definition) is 4. The van der Waals surface area contributed by atoms with Crippen LogP contribution in [0.4, 0.5) is 18.9 Å². The van der Waals surface area contributed by atoms with Crippen LogP contribution in [0.3, 0.4) is 0 Å². The van der Waals surface area contributed by atoms with Crippen molar-refractivity contribution in [1.82, 2.24) is 4.98 Å². The van der Waals surface area contributed by atoms with Crippen molar-refractivity contribution in [3.8, 4) is 0 Å². The highest BCUT2D eigenvalue weighted by atomic mass is 19.3. The molecule has 7 heteroatoms. The third-order valence-electron chi connectivity index (χ3n) is 1.62. The summed E-state index contributed by atoms with van der Waals surface area (Å²) in [6, 6.07) is 0.612. The van der Waals surface area contributed by atoms with E-state index in [0.717, 1.165) is 7.11 Å². The van der Waals surface area contributed by atoms with Crippen molar-refractivity contribution in [2.24, 2.45) is 0 Å². The molecule has 4 nitrogen and oxygen atoms in total. The quantitative estimate of drug-likeness (QED) is 0.767. The highest BCUT2D eigenvalue weighted by Gasteiger charge is 2.21. The molecule has 0 atom stereocenters. The minimum absolute atomic E-state index is 0.344. The van der Waals surface area contributed by atoms with Gasteiger partial charge in [-0.05, 0) is 0 Å². The fraction of sp³-hybridized carbons (Fsp3) is 0.250. The Kier molecular flexibility index (Phi) is 3.13. The van der Waals surface area contributed by atoms with Gasteiger partial charge in [-0.3, -0.25) is 0 Å². The number of halogens is 3. The Morgan fingerprint density at radius 1 is 1.60 bits per heavy atom. The first-order valence-electron chi connectivity index (χ1n) is 3.79. The summed E-state index contributed by atoms with van der Waals surface area (Å²) in [5, 5.41) is 0. The predicted molar refractivity (Wildman–Crippen MR) is 44.9 cm³/mol. The second-order valence-corrected chi connectivity index (χ2v) is 2.59. The molecule has 1 heterocycles. The SMILES string of the molecule is COC(=O)c1nc(C(F)F)c(F)cc1N. The maximum Gasteiger partial charge on any atom is 0.358 e. The van der Waals surface area contributed by atoms with Gasteiger partial charge >= 0.3 is 5.97 Å². The van der Waals surface area contributed by atoms with Crippen molar-refractivity contribution in [2.45, 2.75) is 6.43 Å². The molecule has 0 aliphatic heterocycles. The molecule has 1 aromatic heterocycles. The molecule has 0 bridgehead atoms. The van der Waals surface area contributed by atoms with Crippen molar-refractivity contribution in [1.29, 1.82) is 0 Å². The lowest BCUT2D eigenvalue weighted by molar-refractivity contribution is 0.0593. The van der Waals surface area contributed by atoms with Crippen LogP contribution in [0.1, 0.15) is 22.6 Å². The molecule has 2 N–H and O–H groups in total. The summed E-state index contributed by atoms with van der Waals surface area (Å²) in [7, 11) is 1.04. The van der Waals surface area contributed by atoms with E-state index in [-0.39, 0.29) is 5.69 Å². The Morgan fingerprint density at radius 2 is 2.20 bits per heavy atom. The number of rotatable bonds is 2. The second kappa shape index (κ2) is 4.16. The smallest absolute Gasteiger partial charge is 0.358 e. The first-order valence-corrected chi connectivity index (χ1v) is 3.79. The molecule has 0 amide bonds. The van der Waals surface area contributed by atoms with Gasteiger partial charge in [0, 0.05) is 6.07 Å². The third-order valence-corrected chi connectivity index (χ3v) is 1.62. The van der Waals surface area contributed by atoms with E-state index < -0.39 is 29.6 Å². The molecule has 15 heavy (non-hydrogen) atoms. The highest BCUT2D eigenvalue weighted by molar-refractivity contribution is 5.92. The number of anilines is 1. The number of carbonyl (C=O) groups is 1. The minimum Gasteiger partial charge on any atom is -0.464 e. The number of aromatic nitrogens is 1. The van der Waals surface area contributed by atoms with Gasteiger partial charge in [0.2, 0.25) is 0 Å². The second-order valence-electron chi connectivity index (χ2n) is 2.59. The van der Waals surface area contributed by atoms with Gasteiger partial charge in [0.25, 0.3) is 6.43 Å². The largest absolute Gasteiger partial charge is 0.464 e. The van der Waals surface area contributed by atoms with Crippen LogP contribution in [0.2, 0.25) is 0 Å². The number of nitrogens with two attached hydrogens (primary N) is 1. The van der Waals surface area contributed by atoms with Crippen molar-refractivity contribution in [2.75, 3.05) is 12.8 Å². The summed E-state index contributed by atoms with van der Waals surface area (Å²) in [6.07, 6.45) is -3.12. The number of ether oxygens (including phenoxy) is 1. The Hall–Kier alpha value is -1.79. The summed E-state index contributed by atoms with van der Waals surface area (Å²) in [5.41, 5.74) is 3.23. The van der Waals surface area contributed by atoms with Crippen molar-refractivity contribution in [3.63, 3.8) is 0 Å². The molecular formula is C8H7F3N2O2. The summed E-state index contributed by atoms with van der Waals surface area (Å²) in [4.78, 5) is 14.1. The molecule has 0 aliphatic carbocycles. The lowest BCUT2D eigenvalue weighted by Crippen LogP contribution is -2.11. The average molecular weight is 220 g/mol. The predicted octanol–water partition coefficient (Wildman–Crippen LogP) is 1.53. The van der Waals surface area contributed by atoms with Crippen LogP contribution in [0.15, 0.2) is 6.07 Å². The average Bonchev–Trinajstić information content (AvgIpc) is 2.16. The van der Waals surface area contributed by atoms with Crippen LogP contribution in [0.25, 0.3) is 0 Å². The topological polar surface area (TPSA) is 65.2 Å². The van der Waals surface area contributed by atoms with Gasteiger partial charge in [-0.2, -0.15) is 0 Å². The Bertz CT molecular complexity index is 396. The van der Waals surface area contributed by atoms with Gasteiger partial charge in [0.15, 0.2) is 11.5 Å². The number of methoxy groups -OCH3 is 1. The van der Waals surface area contributed by atoms with Crippen molar-refractivity contribution < 1.29 is 22.7 Å². The zero-order valence-electron chi connectivity index (χ0n) is 7.63. The van der Waals surface area contributed by atoms with E-state index in [4.69, 9.17) is 5.73 Å². The number of pyridine rings is 1. The van der Waals surface area contributed by atoms with Gasteiger partial charge in [-0.25, -0.2) is 22.9 Å². The van der Waals surface area contributed by atoms with E-state index in [1.165, 1.54) is 0 Å². The first kappa shape index (κ1) is 11.3. The Labute approximate surface area is 82.9 Å².